The molecule has 10 heteroatoms. The minimum atomic E-state index is -3.85. The van der Waals surface area contributed by atoms with E-state index in [4.69, 9.17) is 5.14 Å². The van der Waals surface area contributed by atoms with Gasteiger partial charge in [-0.3, -0.25) is 0 Å². The average Bonchev–Trinajstić information content (AvgIpc) is 2.47. The summed E-state index contributed by atoms with van der Waals surface area (Å²) in [5.41, 5.74) is 0. The Morgan fingerprint density at radius 2 is 2.27 bits per heavy atom. The fourth-order valence-corrected chi connectivity index (χ4v) is 2.23. The van der Waals surface area contributed by atoms with E-state index >= 15 is 0 Å². The predicted octanol–water partition coefficient (Wildman–Crippen LogP) is -1.63. The number of hydrogen-bond acceptors (Lipinski definition) is 5. The van der Waals surface area contributed by atoms with Gasteiger partial charge in [0.1, 0.15) is 0 Å². The molecule has 1 aromatic rings. The van der Waals surface area contributed by atoms with Crippen molar-refractivity contribution in [3.8, 4) is 0 Å². The van der Waals surface area contributed by atoms with Crippen LogP contribution in [0.2, 0.25) is 0 Å². The molecule has 15 heavy (non-hydrogen) atoms. The SMILES string of the molecule is CNC(=O)/N=c1\sc(S(N)(=O)=O)nn1C. The molecule has 0 aromatic carbocycles. The molecule has 2 amide bonds. The summed E-state index contributed by atoms with van der Waals surface area (Å²) in [5.74, 6) is 0. The summed E-state index contributed by atoms with van der Waals surface area (Å²) >= 11 is 0.722. The third-order valence-electron chi connectivity index (χ3n) is 1.34. The van der Waals surface area contributed by atoms with Crippen molar-refractivity contribution in [2.24, 2.45) is 17.2 Å². The highest BCUT2D eigenvalue weighted by Gasteiger charge is 2.14. The Balaban J connectivity index is 3.30. The number of carbonyl (C=O) groups excluding carboxylic acids is 1. The van der Waals surface area contributed by atoms with E-state index in [9.17, 15) is 13.2 Å². The largest absolute Gasteiger partial charge is 0.343 e. The maximum Gasteiger partial charge on any atom is 0.343 e. The highest BCUT2D eigenvalue weighted by atomic mass is 32.2. The van der Waals surface area contributed by atoms with Crippen molar-refractivity contribution >= 4 is 27.4 Å². The second kappa shape index (κ2) is 4.08. The zero-order valence-electron chi connectivity index (χ0n) is 7.96. The number of nitrogens with one attached hydrogen (secondary N) is 1. The van der Waals surface area contributed by atoms with Gasteiger partial charge < -0.3 is 5.32 Å². The van der Waals surface area contributed by atoms with Crippen molar-refractivity contribution in [3.05, 3.63) is 4.80 Å². The fourth-order valence-electron chi connectivity index (χ4n) is 0.683. The smallest absolute Gasteiger partial charge is 0.339 e. The number of carbonyl (C=O) groups is 1. The number of primary sulfonamides is 1. The Morgan fingerprint density at radius 1 is 1.67 bits per heavy atom. The van der Waals surface area contributed by atoms with E-state index in [-0.39, 0.29) is 9.14 Å². The summed E-state index contributed by atoms with van der Waals surface area (Å²) < 4.78 is 22.7. The molecular formula is C5H9N5O3S2. The van der Waals surface area contributed by atoms with Gasteiger partial charge in [0.05, 0.1) is 0 Å². The number of nitrogens with zero attached hydrogens (tertiary/aromatic N) is 3. The van der Waals surface area contributed by atoms with Gasteiger partial charge in [0.25, 0.3) is 10.0 Å². The Kier molecular flexibility index (Phi) is 3.21. The topological polar surface area (TPSA) is 119 Å². The number of hydrogen-bond donors (Lipinski definition) is 2. The molecule has 0 bridgehead atoms. The number of aromatic nitrogens is 2. The lowest BCUT2D eigenvalue weighted by Crippen LogP contribution is -2.20. The highest BCUT2D eigenvalue weighted by molar-refractivity contribution is 7.91. The van der Waals surface area contributed by atoms with Crippen LogP contribution >= 0.6 is 11.3 Å². The van der Waals surface area contributed by atoms with Crippen LogP contribution in [0.4, 0.5) is 4.79 Å². The molecule has 8 nitrogen and oxygen atoms in total. The monoisotopic (exact) mass is 251 g/mol. The molecule has 1 aromatic heterocycles. The lowest BCUT2D eigenvalue weighted by molar-refractivity contribution is 0.250. The maximum atomic E-state index is 10.9. The number of sulfonamides is 1. The van der Waals surface area contributed by atoms with Gasteiger partial charge in [-0.1, -0.05) is 11.3 Å². The van der Waals surface area contributed by atoms with Crippen molar-refractivity contribution in [1.29, 1.82) is 0 Å². The number of nitrogens with two attached hydrogens (primary N) is 1. The van der Waals surface area contributed by atoms with Gasteiger partial charge >= 0.3 is 6.03 Å². The highest BCUT2D eigenvalue weighted by Crippen LogP contribution is 2.03. The normalized spacial score (nSPS) is 12.9. The van der Waals surface area contributed by atoms with E-state index in [1.165, 1.54) is 18.8 Å². The molecule has 0 radical (unpaired) electrons. The van der Waals surface area contributed by atoms with E-state index in [1.54, 1.807) is 0 Å². The lowest BCUT2D eigenvalue weighted by atomic mass is 11.0. The summed E-state index contributed by atoms with van der Waals surface area (Å²) in [6.07, 6.45) is 0. The van der Waals surface area contributed by atoms with Crippen LogP contribution in [0.25, 0.3) is 0 Å². The molecule has 0 spiro atoms. The van der Waals surface area contributed by atoms with Crippen LogP contribution in [0.3, 0.4) is 0 Å². The van der Waals surface area contributed by atoms with Crippen molar-refractivity contribution in [3.63, 3.8) is 0 Å². The molecule has 0 atom stereocenters. The Hall–Kier alpha value is -1.26. The van der Waals surface area contributed by atoms with Gasteiger partial charge in [0, 0.05) is 14.1 Å². The maximum absolute atomic E-state index is 10.9. The van der Waals surface area contributed by atoms with Gasteiger partial charge in [0.2, 0.25) is 9.14 Å². The van der Waals surface area contributed by atoms with Crippen molar-refractivity contribution in [2.45, 2.75) is 4.34 Å². The van der Waals surface area contributed by atoms with Gasteiger partial charge in [0.15, 0.2) is 0 Å². The zero-order valence-corrected chi connectivity index (χ0v) is 9.59. The fraction of sp³-hybridized carbons (Fsp3) is 0.400. The van der Waals surface area contributed by atoms with Crippen LogP contribution in [-0.2, 0) is 17.1 Å². The minimum absolute atomic E-state index is 0.151. The lowest BCUT2D eigenvalue weighted by Gasteiger charge is -1.88. The summed E-state index contributed by atoms with van der Waals surface area (Å²) in [5, 5.41) is 10.8. The summed E-state index contributed by atoms with van der Waals surface area (Å²) in [7, 11) is -0.977. The van der Waals surface area contributed by atoms with Crippen LogP contribution in [-0.4, -0.2) is 31.3 Å². The predicted molar refractivity (Wildman–Crippen MR) is 52.5 cm³/mol. The van der Waals surface area contributed by atoms with Crippen LogP contribution in [0.15, 0.2) is 9.33 Å². The summed E-state index contributed by atoms with van der Waals surface area (Å²) in [4.78, 5) is 14.6. The standard InChI is InChI=1S/C5H9N5O3S2/c1-7-3(11)8-4-10(2)9-5(14-4)15(6,12)13/h1-2H3,(H,7,11)(H2,6,12,13)/b8-4-. The van der Waals surface area contributed by atoms with Crippen LogP contribution in [0.1, 0.15) is 0 Å². The van der Waals surface area contributed by atoms with Gasteiger partial charge in [-0.15, -0.1) is 5.10 Å². The summed E-state index contributed by atoms with van der Waals surface area (Å²) in [6, 6.07) is -0.588. The summed E-state index contributed by atoms with van der Waals surface area (Å²) in [6.45, 7) is 0. The molecule has 3 N–H and O–H groups in total. The molecule has 84 valence electrons. The first-order chi connectivity index (χ1) is 6.84. The molecule has 0 aliphatic carbocycles. The molecule has 0 saturated carbocycles. The first kappa shape index (κ1) is 11.8. The van der Waals surface area contributed by atoms with Crippen molar-refractivity contribution in [1.82, 2.24) is 15.1 Å². The second-order valence-electron chi connectivity index (χ2n) is 2.49. The molecular weight excluding hydrogens is 242 g/mol. The molecule has 1 heterocycles. The van der Waals surface area contributed by atoms with Gasteiger partial charge in [-0.2, -0.15) is 4.99 Å². The van der Waals surface area contributed by atoms with E-state index in [0.29, 0.717) is 0 Å². The van der Waals surface area contributed by atoms with Gasteiger partial charge in [-0.05, 0) is 0 Å². The van der Waals surface area contributed by atoms with E-state index in [2.05, 4.69) is 15.4 Å². The molecule has 0 aliphatic rings. The first-order valence-electron chi connectivity index (χ1n) is 3.68. The van der Waals surface area contributed by atoms with Crippen LogP contribution in [0.5, 0.6) is 0 Å². The second-order valence-corrected chi connectivity index (χ2v) is 5.18. The molecule has 0 unspecified atom stereocenters. The van der Waals surface area contributed by atoms with Crippen LogP contribution < -0.4 is 15.3 Å². The third kappa shape index (κ3) is 2.84. The Morgan fingerprint density at radius 3 is 2.67 bits per heavy atom. The molecule has 0 aliphatic heterocycles. The molecule has 1 rings (SSSR count). The van der Waals surface area contributed by atoms with E-state index in [1.807, 2.05) is 0 Å². The van der Waals surface area contributed by atoms with Gasteiger partial charge in [-0.25, -0.2) is 23.0 Å². The number of urea groups is 1. The van der Waals surface area contributed by atoms with E-state index < -0.39 is 16.1 Å². The molecule has 0 fully saturated rings. The minimum Gasteiger partial charge on any atom is -0.339 e. The number of rotatable bonds is 1. The third-order valence-corrected chi connectivity index (χ3v) is 3.65. The van der Waals surface area contributed by atoms with E-state index in [0.717, 1.165) is 11.3 Å². The Bertz CT molecular complexity index is 539. The quantitative estimate of drug-likeness (QED) is 0.622. The van der Waals surface area contributed by atoms with Crippen molar-refractivity contribution in [2.75, 3.05) is 7.05 Å². The number of amides is 2. The zero-order chi connectivity index (χ0) is 11.6. The van der Waals surface area contributed by atoms with Crippen LogP contribution in [0, 0.1) is 0 Å². The number of aryl methyl sites for hydroxylation is 1. The Labute approximate surface area is 89.5 Å². The average molecular weight is 251 g/mol. The first-order valence-corrected chi connectivity index (χ1v) is 6.04. The molecule has 0 saturated heterocycles. The van der Waals surface area contributed by atoms with Crippen molar-refractivity contribution < 1.29 is 13.2 Å².